The number of nitrogens with zero attached hydrogens (tertiary/aromatic N) is 7. The fourth-order valence-electron chi connectivity index (χ4n) is 4.10. The number of aliphatic hydroxyl groups excluding tert-OH is 1. The van der Waals surface area contributed by atoms with E-state index in [1.807, 2.05) is 30.3 Å². The van der Waals surface area contributed by atoms with Crippen molar-refractivity contribution in [1.82, 2.24) is 0 Å². The summed E-state index contributed by atoms with van der Waals surface area (Å²) in [6.07, 6.45) is 3.24. The Morgan fingerprint density at radius 3 is 2.17 bits per heavy atom. The van der Waals surface area contributed by atoms with Gasteiger partial charge in [-0.2, -0.15) is 5.26 Å². The molecule has 2 N–H and O–H groups in total. The third kappa shape index (κ3) is 4.12. The molecule has 9 nitrogen and oxygen atoms in total. The lowest BCUT2D eigenvalue weighted by Gasteiger charge is -2.09. The lowest BCUT2D eigenvalue weighted by atomic mass is 9.99. The van der Waals surface area contributed by atoms with E-state index in [2.05, 4.69) is 26.1 Å². The molecule has 0 aromatic heterocycles. The SMILES string of the molecule is N#Cc1cccc2c1CCC2N=[N+]=[N-].[N-]=[N+]=NC1CCc2c(C(=N)CO)cccc21. The minimum Gasteiger partial charge on any atom is -0.390 e. The van der Waals surface area contributed by atoms with Crippen LogP contribution in [0.2, 0.25) is 0 Å². The van der Waals surface area contributed by atoms with E-state index in [0.29, 0.717) is 5.56 Å². The maximum absolute atomic E-state index is 8.98. The van der Waals surface area contributed by atoms with Crippen LogP contribution in [0, 0.1) is 16.7 Å². The number of nitrogens with one attached hydrogen (secondary N) is 1. The monoisotopic (exact) mass is 400 g/mol. The highest BCUT2D eigenvalue weighted by molar-refractivity contribution is 6.00. The van der Waals surface area contributed by atoms with Gasteiger partial charge in [0.15, 0.2) is 0 Å². The summed E-state index contributed by atoms with van der Waals surface area (Å²) in [5, 5.41) is 33.0. The van der Waals surface area contributed by atoms with Crippen molar-refractivity contribution in [3.05, 3.63) is 90.7 Å². The number of benzene rings is 2. The van der Waals surface area contributed by atoms with Crippen LogP contribution in [-0.4, -0.2) is 17.4 Å². The number of aliphatic hydroxyl groups is 1. The molecule has 2 unspecified atom stereocenters. The molecule has 2 aliphatic rings. The molecule has 30 heavy (non-hydrogen) atoms. The smallest absolute Gasteiger partial charge is 0.0994 e. The van der Waals surface area contributed by atoms with Gasteiger partial charge in [0.05, 0.1) is 36.0 Å². The second-order valence-electron chi connectivity index (χ2n) is 7.01. The lowest BCUT2D eigenvalue weighted by Crippen LogP contribution is -2.07. The summed E-state index contributed by atoms with van der Waals surface area (Å²) in [4.78, 5) is 5.65. The summed E-state index contributed by atoms with van der Waals surface area (Å²) in [6, 6.07) is 13.1. The Kier molecular flexibility index (Phi) is 6.68. The molecule has 0 heterocycles. The zero-order chi connectivity index (χ0) is 21.5. The summed E-state index contributed by atoms with van der Waals surface area (Å²) >= 11 is 0. The average Bonchev–Trinajstić information content (AvgIpc) is 3.38. The second-order valence-corrected chi connectivity index (χ2v) is 7.01. The minimum atomic E-state index is -0.261. The third-order valence-corrected chi connectivity index (χ3v) is 5.46. The van der Waals surface area contributed by atoms with Crippen LogP contribution in [-0.2, 0) is 12.8 Å². The molecular formula is C21H20N8O. The van der Waals surface area contributed by atoms with Gasteiger partial charge in [-0.15, -0.1) is 0 Å². The molecule has 2 aliphatic carbocycles. The van der Waals surface area contributed by atoms with E-state index in [1.165, 1.54) is 0 Å². The van der Waals surface area contributed by atoms with Crippen LogP contribution in [0.15, 0.2) is 46.6 Å². The van der Waals surface area contributed by atoms with Gasteiger partial charge in [-0.25, -0.2) is 0 Å². The molecule has 2 aromatic carbocycles. The van der Waals surface area contributed by atoms with Gasteiger partial charge in [0.25, 0.3) is 0 Å². The van der Waals surface area contributed by atoms with Crippen LogP contribution in [0.1, 0.15) is 58.3 Å². The van der Waals surface area contributed by atoms with Crippen LogP contribution in [0.25, 0.3) is 20.9 Å². The molecule has 0 amide bonds. The Hall–Kier alpha value is -3.82. The van der Waals surface area contributed by atoms with E-state index < -0.39 is 0 Å². The summed E-state index contributed by atoms with van der Waals surface area (Å²) in [5.41, 5.74) is 22.6. The highest BCUT2D eigenvalue weighted by Crippen LogP contribution is 2.36. The normalized spacial score (nSPS) is 17.9. The van der Waals surface area contributed by atoms with E-state index in [-0.39, 0.29) is 24.4 Å². The maximum atomic E-state index is 8.98. The van der Waals surface area contributed by atoms with Gasteiger partial charge in [-0.1, -0.05) is 40.6 Å². The quantitative estimate of drug-likeness (QED) is 0.312. The van der Waals surface area contributed by atoms with E-state index in [9.17, 15) is 0 Å². The van der Waals surface area contributed by atoms with E-state index in [0.717, 1.165) is 53.5 Å². The molecule has 0 bridgehead atoms. The summed E-state index contributed by atoms with van der Waals surface area (Å²) in [5.74, 6) is 0. The molecule has 0 fully saturated rings. The number of azide groups is 2. The van der Waals surface area contributed by atoms with Crippen molar-refractivity contribution in [3.8, 4) is 6.07 Å². The first-order valence-corrected chi connectivity index (χ1v) is 9.55. The van der Waals surface area contributed by atoms with Crippen LogP contribution in [0.4, 0.5) is 0 Å². The van der Waals surface area contributed by atoms with Crippen molar-refractivity contribution in [2.24, 2.45) is 10.2 Å². The molecule has 0 aliphatic heterocycles. The van der Waals surface area contributed by atoms with E-state index in [4.69, 9.17) is 26.8 Å². The van der Waals surface area contributed by atoms with Crippen LogP contribution in [0.3, 0.4) is 0 Å². The second kappa shape index (κ2) is 9.59. The largest absolute Gasteiger partial charge is 0.390 e. The average molecular weight is 400 g/mol. The molecular weight excluding hydrogens is 380 g/mol. The predicted molar refractivity (Wildman–Crippen MR) is 112 cm³/mol. The zero-order valence-corrected chi connectivity index (χ0v) is 16.2. The first-order valence-electron chi connectivity index (χ1n) is 9.55. The molecule has 2 atom stereocenters. The van der Waals surface area contributed by atoms with Gasteiger partial charge in [0, 0.05) is 15.4 Å². The fraction of sp³-hybridized carbons (Fsp3) is 0.333. The highest BCUT2D eigenvalue weighted by Gasteiger charge is 2.24. The molecule has 4 rings (SSSR count). The van der Waals surface area contributed by atoms with E-state index in [1.54, 1.807) is 6.07 Å². The molecule has 0 radical (unpaired) electrons. The van der Waals surface area contributed by atoms with Gasteiger partial charge in [0.1, 0.15) is 0 Å². The van der Waals surface area contributed by atoms with Crippen molar-refractivity contribution >= 4 is 5.71 Å². The fourth-order valence-corrected chi connectivity index (χ4v) is 4.10. The maximum Gasteiger partial charge on any atom is 0.0994 e. The Morgan fingerprint density at radius 1 is 1.03 bits per heavy atom. The van der Waals surface area contributed by atoms with Crippen molar-refractivity contribution in [3.63, 3.8) is 0 Å². The van der Waals surface area contributed by atoms with Gasteiger partial charge < -0.3 is 10.5 Å². The lowest BCUT2D eigenvalue weighted by molar-refractivity contribution is 0.357. The number of nitriles is 1. The molecule has 150 valence electrons. The molecule has 9 heteroatoms. The van der Waals surface area contributed by atoms with Crippen molar-refractivity contribution in [2.45, 2.75) is 37.8 Å². The number of rotatable bonds is 4. The van der Waals surface area contributed by atoms with Gasteiger partial charge in [0.2, 0.25) is 0 Å². The summed E-state index contributed by atoms with van der Waals surface area (Å²) < 4.78 is 0. The topological polar surface area (TPSA) is 165 Å². The summed E-state index contributed by atoms with van der Waals surface area (Å²) in [6.45, 7) is -0.261. The number of hydrogen-bond donors (Lipinski definition) is 2. The van der Waals surface area contributed by atoms with E-state index >= 15 is 0 Å². The van der Waals surface area contributed by atoms with Gasteiger partial charge in [-0.05, 0) is 65.1 Å². The van der Waals surface area contributed by atoms with Crippen LogP contribution >= 0.6 is 0 Å². The number of hydrogen-bond acceptors (Lipinski definition) is 5. The van der Waals surface area contributed by atoms with Crippen molar-refractivity contribution in [1.29, 1.82) is 10.7 Å². The Labute approximate surface area is 173 Å². The zero-order valence-electron chi connectivity index (χ0n) is 16.2. The minimum absolute atomic E-state index is 0.0803. The van der Waals surface area contributed by atoms with Crippen molar-refractivity contribution < 1.29 is 5.11 Å². The van der Waals surface area contributed by atoms with Crippen LogP contribution < -0.4 is 0 Å². The van der Waals surface area contributed by atoms with Crippen LogP contribution in [0.5, 0.6) is 0 Å². The highest BCUT2D eigenvalue weighted by atomic mass is 16.3. The van der Waals surface area contributed by atoms with Gasteiger partial charge >= 0.3 is 0 Å². The third-order valence-electron chi connectivity index (χ3n) is 5.46. The van der Waals surface area contributed by atoms with Gasteiger partial charge in [-0.3, -0.25) is 0 Å². The molecule has 0 saturated carbocycles. The predicted octanol–water partition coefficient (Wildman–Crippen LogP) is 5.20. The standard InChI is InChI=1S/C11H12N4O.C10H8N4/c12-10(6-16)8-2-1-3-9-7(8)4-5-11(9)14-15-13;11-6-7-2-1-3-9-8(7)4-5-10(9)13-14-12/h1-3,11-12,16H,4-6H2;1-3,10H,4-5H2. The molecule has 0 saturated heterocycles. The molecule has 0 spiro atoms. The summed E-state index contributed by atoms with van der Waals surface area (Å²) in [7, 11) is 0. The van der Waals surface area contributed by atoms with Crippen molar-refractivity contribution in [2.75, 3.05) is 6.61 Å². The first kappa shape index (κ1) is 20.9. The Bertz CT molecular complexity index is 1110. The first-order chi connectivity index (χ1) is 14.6. The Balaban J connectivity index is 0.000000172. The Morgan fingerprint density at radius 2 is 1.60 bits per heavy atom. The number of fused-ring (bicyclic) bond motifs is 2. The molecule has 2 aromatic rings.